The summed E-state index contributed by atoms with van der Waals surface area (Å²) in [4.78, 5) is 25.4. The molecule has 1 aromatic carbocycles. The van der Waals surface area contributed by atoms with Gasteiger partial charge >= 0.3 is 0 Å². The molecule has 0 bridgehead atoms. The molecule has 3 heterocycles. The van der Waals surface area contributed by atoms with Crippen molar-refractivity contribution in [3.63, 3.8) is 0 Å². The third-order valence-electron chi connectivity index (χ3n) is 5.11. The predicted octanol–water partition coefficient (Wildman–Crippen LogP) is 2.47. The molecular formula is C20H23N7O. The van der Waals surface area contributed by atoms with Crippen molar-refractivity contribution in [3.8, 4) is 5.69 Å². The van der Waals surface area contributed by atoms with Gasteiger partial charge in [0.1, 0.15) is 0 Å². The van der Waals surface area contributed by atoms with E-state index in [0.29, 0.717) is 23.7 Å². The van der Waals surface area contributed by atoms with Crippen LogP contribution in [0.1, 0.15) is 35.7 Å². The minimum atomic E-state index is -0.0169. The van der Waals surface area contributed by atoms with Crippen LogP contribution in [0.2, 0.25) is 0 Å². The van der Waals surface area contributed by atoms with Gasteiger partial charge in [0.2, 0.25) is 5.95 Å². The van der Waals surface area contributed by atoms with E-state index < -0.39 is 0 Å². The van der Waals surface area contributed by atoms with Gasteiger partial charge in [-0.1, -0.05) is 12.1 Å². The van der Waals surface area contributed by atoms with Crippen molar-refractivity contribution >= 4 is 11.9 Å². The highest BCUT2D eigenvalue weighted by atomic mass is 16.2. The Morgan fingerprint density at radius 3 is 2.61 bits per heavy atom. The quantitative estimate of drug-likeness (QED) is 0.751. The second-order valence-corrected chi connectivity index (χ2v) is 7.05. The number of carbonyl (C=O) groups is 1. The van der Waals surface area contributed by atoms with Gasteiger partial charge in [0.15, 0.2) is 0 Å². The van der Waals surface area contributed by atoms with Crippen molar-refractivity contribution in [3.05, 3.63) is 60.2 Å². The van der Waals surface area contributed by atoms with Gasteiger partial charge in [-0.2, -0.15) is 15.0 Å². The molecule has 144 valence electrons. The monoisotopic (exact) mass is 377 g/mol. The lowest BCUT2D eigenvalue weighted by Crippen LogP contribution is -2.52. The molecule has 28 heavy (non-hydrogen) atoms. The van der Waals surface area contributed by atoms with E-state index in [1.807, 2.05) is 36.1 Å². The summed E-state index contributed by atoms with van der Waals surface area (Å²) in [6.45, 7) is 4.74. The summed E-state index contributed by atoms with van der Waals surface area (Å²) in [6.07, 6.45) is 8.67. The number of carbonyl (C=O) groups excluding carboxylic acids is 1. The van der Waals surface area contributed by atoms with Gasteiger partial charge in [-0.25, -0.2) is 9.97 Å². The first-order valence-electron chi connectivity index (χ1n) is 9.45. The second-order valence-electron chi connectivity index (χ2n) is 7.05. The maximum Gasteiger partial charge on any atom is 0.256 e. The number of likely N-dealkylation sites (tertiary alicyclic amines) is 1. The largest absolute Gasteiger partial charge is 0.349 e. The molecular weight excluding hydrogens is 354 g/mol. The number of aromatic nitrogens is 5. The molecule has 8 nitrogen and oxygen atoms in total. The third-order valence-corrected chi connectivity index (χ3v) is 5.11. The highest BCUT2D eigenvalue weighted by Gasteiger charge is 2.33. The van der Waals surface area contributed by atoms with Crippen LogP contribution in [0, 0.1) is 6.92 Å². The Labute approximate surface area is 163 Å². The number of nitrogens with zero attached hydrogens (tertiary/aromatic N) is 6. The van der Waals surface area contributed by atoms with E-state index in [1.54, 1.807) is 24.8 Å². The number of para-hydroxylation sites is 1. The van der Waals surface area contributed by atoms with Crippen molar-refractivity contribution in [1.29, 1.82) is 0 Å². The lowest BCUT2D eigenvalue weighted by molar-refractivity contribution is 0.0616. The van der Waals surface area contributed by atoms with Crippen LogP contribution < -0.4 is 5.32 Å². The molecule has 1 saturated heterocycles. The van der Waals surface area contributed by atoms with Gasteiger partial charge in [0.05, 0.1) is 23.6 Å². The lowest BCUT2D eigenvalue weighted by Gasteiger charge is -2.40. The van der Waals surface area contributed by atoms with Crippen molar-refractivity contribution in [2.24, 2.45) is 0 Å². The lowest BCUT2D eigenvalue weighted by atomic mass is 9.96. The Balaban J connectivity index is 1.56. The van der Waals surface area contributed by atoms with Crippen LogP contribution in [0.5, 0.6) is 0 Å². The number of benzene rings is 1. The van der Waals surface area contributed by atoms with Gasteiger partial charge in [0.25, 0.3) is 5.91 Å². The van der Waals surface area contributed by atoms with Gasteiger partial charge in [-0.15, -0.1) is 0 Å². The van der Waals surface area contributed by atoms with Crippen LogP contribution >= 0.6 is 0 Å². The molecule has 1 amide bonds. The van der Waals surface area contributed by atoms with Gasteiger partial charge in [-0.3, -0.25) is 4.79 Å². The average Bonchev–Trinajstić information content (AvgIpc) is 3.25. The Hall–Kier alpha value is -3.29. The Bertz CT molecular complexity index is 939. The molecule has 3 aromatic rings. The summed E-state index contributed by atoms with van der Waals surface area (Å²) in [5.41, 5.74) is 2.29. The first-order valence-corrected chi connectivity index (χ1v) is 9.45. The molecule has 2 aromatic heterocycles. The fourth-order valence-electron chi connectivity index (χ4n) is 3.58. The zero-order valence-corrected chi connectivity index (χ0v) is 16.0. The molecule has 1 aliphatic heterocycles. The number of hydrogen-bond acceptors (Lipinski definition) is 6. The fourth-order valence-corrected chi connectivity index (χ4v) is 3.58. The summed E-state index contributed by atoms with van der Waals surface area (Å²) >= 11 is 0. The number of rotatable bonds is 4. The SMILES string of the molecule is Cc1cnc(NC2CCCN(C(=O)c3ccccc3-n3nccn3)C2C)nc1. The predicted molar refractivity (Wildman–Crippen MR) is 105 cm³/mol. The van der Waals surface area contributed by atoms with Crippen LogP contribution in [0.3, 0.4) is 0 Å². The zero-order valence-electron chi connectivity index (χ0n) is 16.0. The van der Waals surface area contributed by atoms with Gasteiger partial charge in [-0.05, 0) is 44.4 Å². The Kier molecular flexibility index (Phi) is 5.01. The van der Waals surface area contributed by atoms with E-state index in [0.717, 1.165) is 18.4 Å². The van der Waals surface area contributed by atoms with Gasteiger partial charge < -0.3 is 10.2 Å². The normalized spacial score (nSPS) is 19.4. The first kappa shape index (κ1) is 18.1. The maximum atomic E-state index is 13.4. The summed E-state index contributed by atoms with van der Waals surface area (Å²) in [6, 6.07) is 7.53. The molecule has 2 unspecified atom stereocenters. The van der Waals surface area contributed by atoms with Crippen LogP contribution in [0.4, 0.5) is 5.95 Å². The van der Waals surface area contributed by atoms with E-state index >= 15 is 0 Å². The molecule has 0 aliphatic carbocycles. The number of hydrogen-bond donors (Lipinski definition) is 1. The van der Waals surface area contributed by atoms with Gasteiger partial charge in [0, 0.05) is 31.0 Å². The molecule has 1 fully saturated rings. The third kappa shape index (κ3) is 3.58. The van der Waals surface area contributed by atoms with Crippen LogP contribution in [-0.2, 0) is 0 Å². The summed E-state index contributed by atoms with van der Waals surface area (Å²) in [7, 11) is 0. The van der Waals surface area contributed by atoms with Crippen LogP contribution in [-0.4, -0.2) is 54.4 Å². The number of nitrogens with one attached hydrogen (secondary N) is 1. The molecule has 2 atom stereocenters. The molecule has 4 rings (SSSR count). The molecule has 0 spiro atoms. The second kappa shape index (κ2) is 7.75. The molecule has 8 heteroatoms. The average molecular weight is 377 g/mol. The van der Waals surface area contributed by atoms with Crippen molar-refractivity contribution < 1.29 is 4.79 Å². The number of aryl methyl sites for hydroxylation is 1. The van der Waals surface area contributed by atoms with Crippen molar-refractivity contribution in [2.75, 3.05) is 11.9 Å². The standard InChI is InChI=1S/C20H23N7O/c1-14-12-21-20(22-13-14)25-17-7-5-11-26(15(17)2)19(28)16-6-3-4-8-18(16)27-23-9-10-24-27/h3-4,6,8-10,12-13,15,17H,5,7,11H2,1-2H3,(H,21,22,25). The van der Waals surface area contributed by atoms with Crippen molar-refractivity contribution in [1.82, 2.24) is 29.9 Å². The Morgan fingerprint density at radius 1 is 1.14 bits per heavy atom. The van der Waals surface area contributed by atoms with E-state index in [1.165, 1.54) is 4.80 Å². The topological polar surface area (TPSA) is 88.8 Å². The van der Waals surface area contributed by atoms with E-state index in [4.69, 9.17) is 0 Å². The molecule has 0 radical (unpaired) electrons. The summed E-state index contributed by atoms with van der Waals surface area (Å²) in [5, 5.41) is 11.7. The first-order chi connectivity index (χ1) is 13.6. The van der Waals surface area contributed by atoms with Crippen molar-refractivity contribution in [2.45, 2.75) is 38.8 Å². The molecule has 1 aliphatic rings. The zero-order chi connectivity index (χ0) is 19.5. The number of anilines is 1. The fraction of sp³-hybridized carbons (Fsp3) is 0.350. The maximum absolute atomic E-state index is 13.4. The minimum absolute atomic E-state index is 0.00443. The van der Waals surface area contributed by atoms with E-state index in [2.05, 4.69) is 32.4 Å². The van der Waals surface area contributed by atoms with E-state index in [9.17, 15) is 4.79 Å². The van der Waals surface area contributed by atoms with Crippen LogP contribution in [0.25, 0.3) is 5.69 Å². The number of amides is 1. The minimum Gasteiger partial charge on any atom is -0.349 e. The van der Waals surface area contributed by atoms with E-state index in [-0.39, 0.29) is 18.0 Å². The highest BCUT2D eigenvalue weighted by Crippen LogP contribution is 2.24. The summed E-state index contributed by atoms with van der Waals surface area (Å²) < 4.78 is 0. The smallest absolute Gasteiger partial charge is 0.256 e. The highest BCUT2D eigenvalue weighted by molar-refractivity contribution is 5.98. The summed E-state index contributed by atoms with van der Waals surface area (Å²) in [5.74, 6) is 0.578. The number of piperidine rings is 1. The van der Waals surface area contributed by atoms with Crippen LogP contribution in [0.15, 0.2) is 49.1 Å². The Morgan fingerprint density at radius 2 is 1.86 bits per heavy atom. The molecule has 1 N–H and O–H groups in total. The molecule has 0 saturated carbocycles.